The molecule has 7 heteroatoms. The van der Waals surface area contributed by atoms with E-state index in [1.54, 1.807) is 57.7 Å². The van der Waals surface area contributed by atoms with Crippen LogP contribution in [0.15, 0.2) is 42.5 Å². The summed E-state index contributed by atoms with van der Waals surface area (Å²) in [7, 11) is 4.68. The lowest BCUT2D eigenvalue weighted by molar-refractivity contribution is -0.134. The van der Waals surface area contributed by atoms with Gasteiger partial charge in [-0.3, -0.25) is 9.59 Å². The monoisotopic (exact) mass is 384 g/mol. The Bertz CT molecular complexity index is 877. The average Bonchev–Trinajstić information content (AvgIpc) is 3.54. The lowest BCUT2D eigenvalue weighted by Crippen LogP contribution is -2.39. The molecule has 7 nitrogen and oxygen atoms in total. The van der Waals surface area contributed by atoms with Gasteiger partial charge in [-0.05, 0) is 42.7 Å². The predicted octanol–water partition coefficient (Wildman–Crippen LogP) is 2.75. The van der Waals surface area contributed by atoms with Crippen LogP contribution in [-0.4, -0.2) is 33.1 Å². The minimum atomic E-state index is -1.01. The van der Waals surface area contributed by atoms with Gasteiger partial charge in [-0.25, -0.2) is 0 Å². The molecule has 0 heterocycles. The van der Waals surface area contributed by atoms with E-state index in [9.17, 15) is 9.59 Å². The van der Waals surface area contributed by atoms with Crippen LogP contribution in [0.1, 0.15) is 18.4 Å². The normalized spacial score (nSPS) is 14.0. The van der Waals surface area contributed by atoms with E-state index in [0.29, 0.717) is 42.3 Å². The molecule has 2 amide bonds. The van der Waals surface area contributed by atoms with Crippen LogP contribution in [0.4, 0.5) is 5.69 Å². The Hall–Kier alpha value is -3.22. The van der Waals surface area contributed by atoms with Gasteiger partial charge in [-0.1, -0.05) is 12.1 Å². The van der Waals surface area contributed by atoms with Gasteiger partial charge in [0.15, 0.2) is 11.5 Å². The van der Waals surface area contributed by atoms with Gasteiger partial charge in [-0.15, -0.1) is 0 Å². The number of ether oxygens (including phenoxy) is 3. The second-order valence-corrected chi connectivity index (χ2v) is 6.64. The second kappa shape index (κ2) is 8.21. The van der Waals surface area contributed by atoms with Crippen molar-refractivity contribution >= 4 is 17.5 Å². The number of carbonyl (C=O) groups excluding carboxylic acids is 2. The summed E-state index contributed by atoms with van der Waals surface area (Å²) in [5.41, 5.74) is 0.443. The molecular weight excluding hydrogens is 360 g/mol. The fraction of sp³-hybridized carbons (Fsp3) is 0.333. The maximum absolute atomic E-state index is 12.7. The molecule has 0 atom stereocenters. The van der Waals surface area contributed by atoms with Crippen molar-refractivity contribution in [2.45, 2.75) is 19.4 Å². The molecular formula is C21H24N2O5. The summed E-state index contributed by atoms with van der Waals surface area (Å²) in [5, 5.41) is 5.67. The molecule has 0 unspecified atom stereocenters. The number of nitrogens with one attached hydrogen (secondary N) is 2. The summed E-state index contributed by atoms with van der Waals surface area (Å²) in [5.74, 6) is 1.27. The van der Waals surface area contributed by atoms with E-state index >= 15 is 0 Å². The van der Waals surface area contributed by atoms with Crippen LogP contribution in [0.2, 0.25) is 0 Å². The van der Waals surface area contributed by atoms with Crippen LogP contribution >= 0.6 is 0 Å². The van der Waals surface area contributed by atoms with E-state index in [1.165, 1.54) is 0 Å². The third kappa shape index (κ3) is 4.03. The Balaban J connectivity index is 1.62. The number of carbonyl (C=O) groups is 2. The third-order valence-electron chi connectivity index (χ3n) is 4.85. The van der Waals surface area contributed by atoms with Crippen molar-refractivity contribution < 1.29 is 23.8 Å². The quantitative estimate of drug-likeness (QED) is 0.684. The topological polar surface area (TPSA) is 85.9 Å². The fourth-order valence-corrected chi connectivity index (χ4v) is 2.98. The first kappa shape index (κ1) is 19.5. The van der Waals surface area contributed by atoms with Gasteiger partial charge in [0.2, 0.25) is 11.8 Å². The molecule has 148 valence electrons. The van der Waals surface area contributed by atoms with Crippen molar-refractivity contribution in [1.29, 1.82) is 0 Å². The Morgan fingerprint density at radius 2 is 1.68 bits per heavy atom. The SMILES string of the molecule is COc1cccc(NC(=O)C2(C(=O)NCc3ccc(OC)c(OC)c3)CC2)c1. The summed E-state index contributed by atoms with van der Waals surface area (Å²) in [6.07, 6.45) is 1.06. The average molecular weight is 384 g/mol. The molecule has 0 radical (unpaired) electrons. The Morgan fingerprint density at radius 3 is 2.32 bits per heavy atom. The number of hydrogen-bond donors (Lipinski definition) is 2. The molecule has 1 fully saturated rings. The molecule has 2 N–H and O–H groups in total. The highest BCUT2D eigenvalue weighted by atomic mass is 16.5. The van der Waals surface area contributed by atoms with Crippen molar-refractivity contribution in [2.75, 3.05) is 26.6 Å². The molecule has 0 aromatic heterocycles. The lowest BCUT2D eigenvalue weighted by Gasteiger charge is -2.16. The number of hydrogen-bond acceptors (Lipinski definition) is 5. The summed E-state index contributed by atoms with van der Waals surface area (Å²) < 4.78 is 15.6. The third-order valence-corrected chi connectivity index (χ3v) is 4.85. The van der Waals surface area contributed by atoms with Gasteiger partial charge in [0.05, 0.1) is 21.3 Å². The summed E-state index contributed by atoms with van der Waals surface area (Å²) >= 11 is 0. The zero-order chi connectivity index (χ0) is 20.1. The highest BCUT2D eigenvalue weighted by molar-refractivity contribution is 6.13. The first-order chi connectivity index (χ1) is 13.5. The molecule has 0 saturated heterocycles. The number of anilines is 1. The molecule has 0 aliphatic heterocycles. The summed E-state index contributed by atoms with van der Waals surface area (Å²) in [6, 6.07) is 12.5. The largest absolute Gasteiger partial charge is 0.497 e. The molecule has 0 spiro atoms. The minimum absolute atomic E-state index is 0.275. The van der Waals surface area contributed by atoms with Crippen molar-refractivity contribution in [3.05, 3.63) is 48.0 Å². The van der Waals surface area contributed by atoms with E-state index in [-0.39, 0.29) is 11.8 Å². The van der Waals surface area contributed by atoms with Gasteiger partial charge in [0.1, 0.15) is 11.2 Å². The zero-order valence-electron chi connectivity index (χ0n) is 16.2. The Kier molecular flexibility index (Phi) is 5.73. The summed E-state index contributed by atoms with van der Waals surface area (Å²) in [6.45, 7) is 0.299. The molecule has 3 rings (SSSR count). The van der Waals surface area contributed by atoms with E-state index in [0.717, 1.165) is 5.56 Å². The van der Waals surface area contributed by atoms with Crippen LogP contribution in [0.25, 0.3) is 0 Å². The smallest absolute Gasteiger partial charge is 0.240 e. The van der Waals surface area contributed by atoms with Crippen LogP contribution in [0.3, 0.4) is 0 Å². The van der Waals surface area contributed by atoms with Gasteiger partial charge in [0, 0.05) is 18.3 Å². The molecule has 28 heavy (non-hydrogen) atoms. The van der Waals surface area contributed by atoms with Gasteiger partial charge in [0.25, 0.3) is 0 Å². The Morgan fingerprint density at radius 1 is 0.929 bits per heavy atom. The maximum Gasteiger partial charge on any atom is 0.240 e. The van der Waals surface area contributed by atoms with Crippen LogP contribution in [0.5, 0.6) is 17.2 Å². The molecule has 2 aromatic carbocycles. The highest BCUT2D eigenvalue weighted by Crippen LogP contribution is 2.47. The first-order valence-electron chi connectivity index (χ1n) is 8.97. The van der Waals surface area contributed by atoms with Crippen LogP contribution in [-0.2, 0) is 16.1 Å². The number of amides is 2. The molecule has 1 saturated carbocycles. The zero-order valence-corrected chi connectivity index (χ0v) is 16.2. The molecule has 2 aromatic rings. The van der Waals surface area contributed by atoms with Crippen molar-refractivity contribution in [3.63, 3.8) is 0 Å². The van der Waals surface area contributed by atoms with E-state index in [1.807, 2.05) is 6.07 Å². The molecule has 1 aliphatic carbocycles. The number of benzene rings is 2. The van der Waals surface area contributed by atoms with E-state index < -0.39 is 5.41 Å². The standard InChI is InChI=1S/C21H24N2O5/c1-26-16-6-4-5-15(12-16)23-20(25)21(9-10-21)19(24)22-13-14-7-8-17(27-2)18(11-14)28-3/h4-8,11-12H,9-10,13H2,1-3H3,(H,22,24)(H,23,25). The van der Waals surface area contributed by atoms with E-state index in [2.05, 4.69) is 10.6 Å². The number of rotatable bonds is 8. The first-order valence-corrected chi connectivity index (χ1v) is 8.97. The Labute approximate surface area is 164 Å². The van der Waals surface area contributed by atoms with Crippen LogP contribution < -0.4 is 24.8 Å². The van der Waals surface area contributed by atoms with E-state index in [4.69, 9.17) is 14.2 Å². The predicted molar refractivity (Wildman–Crippen MR) is 105 cm³/mol. The van der Waals surface area contributed by atoms with Crippen molar-refractivity contribution in [2.24, 2.45) is 5.41 Å². The number of methoxy groups -OCH3 is 3. The van der Waals surface area contributed by atoms with Crippen molar-refractivity contribution in [1.82, 2.24) is 5.32 Å². The van der Waals surface area contributed by atoms with Crippen molar-refractivity contribution in [3.8, 4) is 17.2 Å². The lowest BCUT2D eigenvalue weighted by atomic mass is 10.0. The van der Waals surface area contributed by atoms with Gasteiger partial charge in [-0.2, -0.15) is 0 Å². The maximum atomic E-state index is 12.7. The van der Waals surface area contributed by atoms with Crippen LogP contribution in [0, 0.1) is 5.41 Å². The highest BCUT2D eigenvalue weighted by Gasteiger charge is 2.56. The summed E-state index contributed by atoms with van der Waals surface area (Å²) in [4.78, 5) is 25.4. The molecule has 0 bridgehead atoms. The molecule has 1 aliphatic rings. The minimum Gasteiger partial charge on any atom is -0.497 e. The van der Waals surface area contributed by atoms with Gasteiger partial charge >= 0.3 is 0 Å². The van der Waals surface area contributed by atoms with Gasteiger partial charge < -0.3 is 24.8 Å². The second-order valence-electron chi connectivity index (χ2n) is 6.64. The fourth-order valence-electron chi connectivity index (χ4n) is 2.98.